The van der Waals surface area contributed by atoms with Crippen molar-refractivity contribution in [2.45, 2.75) is 18.9 Å². The summed E-state index contributed by atoms with van der Waals surface area (Å²) in [6.07, 6.45) is 0.907. The lowest BCUT2D eigenvalue weighted by Gasteiger charge is -2.43. The number of benzene rings is 1. The Bertz CT molecular complexity index is 1000. The zero-order valence-corrected chi connectivity index (χ0v) is 16.5. The summed E-state index contributed by atoms with van der Waals surface area (Å²) in [5, 5.41) is 9.31. The third-order valence-corrected chi connectivity index (χ3v) is 5.80. The van der Waals surface area contributed by atoms with E-state index < -0.39 is 12.6 Å². The molecular formula is C21H21ClN2O5. The van der Waals surface area contributed by atoms with E-state index in [-0.39, 0.29) is 29.9 Å². The summed E-state index contributed by atoms with van der Waals surface area (Å²) in [6.45, 7) is 0.841. The van der Waals surface area contributed by atoms with E-state index in [1.165, 1.54) is 0 Å². The molecular weight excluding hydrogens is 396 g/mol. The van der Waals surface area contributed by atoms with E-state index in [0.29, 0.717) is 24.7 Å². The zero-order chi connectivity index (χ0) is 20.5. The van der Waals surface area contributed by atoms with E-state index in [1.54, 1.807) is 11.0 Å². The SMILES string of the molecule is O=C(O)COCC(=O)N1CC2CC(C1)c1c(-c3ccc(Cl)cc3)ccc(=O)n1C2. The maximum absolute atomic E-state index is 12.5. The van der Waals surface area contributed by atoms with Gasteiger partial charge in [-0.2, -0.15) is 0 Å². The van der Waals surface area contributed by atoms with Crippen molar-refractivity contribution in [2.75, 3.05) is 26.3 Å². The average Bonchev–Trinajstić information content (AvgIpc) is 2.69. The smallest absolute Gasteiger partial charge is 0.329 e. The fraction of sp³-hybridized carbons (Fsp3) is 0.381. The van der Waals surface area contributed by atoms with Crippen LogP contribution in [0.25, 0.3) is 11.1 Å². The molecule has 2 aromatic rings. The number of hydrogen-bond donors (Lipinski definition) is 1. The fourth-order valence-corrected chi connectivity index (χ4v) is 4.54. The molecule has 0 spiro atoms. The molecule has 29 heavy (non-hydrogen) atoms. The number of piperidine rings is 1. The summed E-state index contributed by atoms with van der Waals surface area (Å²) in [6, 6.07) is 10.9. The van der Waals surface area contributed by atoms with Crippen LogP contribution in [-0.2, 0) is 20.9 Å². The number of rotatable bonds is 5. The number of carbonyl (C=O) groups excluding carboxylic acids is 1. The van der Waals surface area contributed by atoms with E-state index >= 15 is 0 Å². The van der Waals surface area contributed by atoms with Gasteiger partial charge in [-0.25, -0.2) is 4.79 Å². The minimum atomic E-state index is -1.10. The normalized spacial score (nSPS) is 20.2. The van der Waals surface area contributed by atoms with Crippen molar-refractivity contribution in [1.29, 1.82) is 0 Å². The first-order valence-corrected chi connectivity index (χ1v) is 9.87. The Morgan fingerprint density at radius 3 is 2.55 bits per heavy atom. The first kappa shape index (κ1) is 19.7. The molecule has 2 bridgehead atoms. The predicted octanol–water partition coefficient (Wildman–Crippen LogP) is 2.22. The monoisotopic (exact) mass is 416 g/mol. The van der Waals surface area contributed by atoms with E-state index in [9.17, 15) is 14.4 Å². The topological polar surface area (TPSA) is 88.8 Å². The van der Waals surface area contributed by atoms with Gasteiger partial charge in [0.05, 0.1) is 0 Å². The largest absolute Gasteiger partial charge is 0.480 e. The molecule has 2 aliphatic heterocycles. The second kappa shape index (κ2) is 8.00. The molecule has 0 radical (unpaired) electrons. The summed E-state index contributed by atoms with van der Waals surface area (Å²) in [5.74, 6) is -1.11. The number of carbonyl (C=O) groups is 2. The lowest BCUT2D eigenvalue weighted by atomic mass is 9.80. The second-order valence-electron chi connectivity index (χ2n) is 7.57. The molecule has 1 N–H and O–H groups in total. The van der Waals surface area contributed by atoms with Gasteiger partial charge in [0.25, 0.3) is 5.56 Å². The molecule has 1 saturated heterocycles. The highest BCUT2D eigenvalue weighted by molar-refractivity contribution is 6.30. The van der Waals surface area contributed by atoms with Crippen LogP contribution in [0.1, 0.15) is 18.0 Å². The Balaban J connectivity index is 1.62. The van der Waals surface area contributed by atoms with Gasteiger partial charge in [0.1, 0.15) is 13.2 Å². The number of carboxylic acids is 1. The van der Waals surface area contributed by atoms with Gasteiger partial charge in [-0.05, 0) is 36.1 Å². The Morgan fingerprint density at radius 1 is 1.07 bits per heavy atom. The number of hydrogen-bond acceptors (Lipinski definition) is 4. The maximum atomic E-state index is 12.5. The molecule has 2 aliphatic rings. The van der Waals surface area contributed by atoms with Gasteiger partial charge in [-0.15, -0.1) is 0 Å². The van der Waals surface area contributed by atoms with Crippen LogP contribution in [0.2, 0.25) is 5.02 Å². The number of aromatic nitrogens is 1. The summed E-state index contributed by atoms with van der Waals surface area (Å²) < 4.78 is 6.81. The quantitative estimate of drug-likeness (QED) is 0.807. The highest BCUT2D eigenvalue weighted by Gasteiger charge is 2.37. The number of nitrogens with zero attached hydrogens (tertiary/aromatic N) is 2. The molecule has 2 unspecified atom stereocenters. The highest BCUT2D eigenvalue weighted by atomic mass is 35.5. The van der Waals surface area contributed by atoms with Gasteiger partial charge in [0.2, 0.25) is 5.91 Å². The number of pyridine rings is 1. The molecule has 7 nitrogen and oxygen atoms in total. The summed E-state index contributed by atoms with van der Waals surface area (Å²) in [5.41, 5.74) is 2.86. The maximum Gasteiger partial charge on any atom is 0.329 e. The van der Waals surface area contributed by atoms with Crippen LogP contribution in [0.15, 0.2) is 41.2 Å². The minimum Gasteiger partial charge on any atom is -0.480 e. The number of fused-ring (bicyclic) bond motifs is 4. The van der Waals surface area contributed by atoms with Crippen LogP contribution >= 0.6 is 11.6 Å². The molecule has 8 heteroatoms. The summed E-state index contributed by atoms with van der Waals surface area (Å²) in [7, 11) is 0. The van der Waals surface area contributed by atoms with Crippen LogP contribution in [-0.4, -0.2) is 52.8 Å². The second-order valence-corrected chi connectivity index (χ2v) is 8.01. The third kappa shape index (κ3) is 4.06. The van der Waals surface area contributed by atoms with E-state index in [0.717, 1.165) is 23.2 Å². The number of aliphatic carboxylic acids is 1. The van der Waals surface area contributed by atoms with Crippen molar-refractivity contribution in [1.82, 2.24) is 9.47 Å². The molecule has 0 saturated carbocycles. The van der Waals surface area contributed by atoms with Gasteiger partial charge in [-0.3, -0.25) is 9.59 Å². The van der Waals surface area contributed by atoms with Crippen molar-refractivity contribution in [2.24, 2.45) is 5.92 Å². The molecule has 152 valence electrons. The van der Waals surface area contributed by atoms with Crippen LogP contribution < -0.4 is 5.56 Å². The van der Waals surface area contributed by atoms with Crippen LogP contribution in [0, 0.1) is 5.92 Å². The molecule has 1 amide bonds. The molecule has 2 atom stereocenters. The number of amides is 1. The van der Waals surface area contributed by atoms with E-state index in [1.807, 2.05) is 34.9 Å². The van der Waals surface area contributed by atoms with Crippen LogP contribution in [0.5, 0.6) is 0 Å². The number of ether oxygens (including phenoxy) is 1. The average molecular weight is 417 g/mol. The van der Waals surface area contributed by atoms with Crippen molar-refractivity contribution in [3.05, 3.63) is 57.5 Å². The molecule has 1 aromatic carbocycles. The lowest BCUT2D eigenvalue weighted by Crippen LogP contribution is -2.50. The summed E-state index contributed by atoms with van der Waals surface area (Å²) in [4.78, 5) is 37.4. The van der Waals surface area contributed by atoms with Gasteiger partial charge in [-0.1, -0.05) is 23.7 Å². The van der Waals surface area contributed by atoms with E-state index in [4.69, 9.17) is 21.4 Å². The number of carboxylic acid groups (broad SMARTS) is 1. The molecule has 3 heterocycles. The Morgan fingerprint density at radius 2 is 1.83 bits per heavy atom. The first-order chi connectivity index (χ1) is 13.9. The van der Waals surface area contributed by atoms with Gasteiger partial charge >= 0.3 is 5.97 Å². The van der Waals surface area contributed by atoms with Gasteiger partial charge in [0.15, 0.2) is 0 Å². The van der Waals surface area contributed by atoms with Crippen molar-refractivity contribution in [3.8, 4) is 11.1 Å². The van der Waals surface area contributed by atoms with Crippen LogP contribution in [0.4, 0.5) is 0 Å². The number of likely N-dealkylation sites (tertiary alicyclic amines) is 1. The van der Waals surface area contributed by atoms with Gasteiger partial charge < -0.3 is 19.3 Å². The first-order valence-electron chi connectivity index (χ1n) is 9.49. The fourth-order valence-electron chi connectivity index (χ4n) is 4.41. The minimum absolute atomic E-state index is 0.0306. The Labute approximate surface area is 172 Å². The summed E-state index contributed by atoms with van der Waals surface area (Å²) >= 11 is 6.02. The Kier molecular flexibility index (Phi) is 5.43. The zero-order valence-electron chi connectivity index (χ0n) is 15.7. The number of halogens is 1. The molecule has 1 fully saturated rings. The highest BCUT2D eigenvalue weighted by Crippen LogP contribution is 2.40. The van der Waals surface area contributed by atoms with Crippen molar-refractivity contribution in [3.63, 3.8) is 0 Å². The molecule has 4 rings (SSSR count). The van der Waals surface area contributed by atoms with Crippen LogP contribution in [0.3, 0.4) is 0 Å². The molecule has 0 aliphatic carbocycles. The van der Waals surface area contributed by atoms with Crippen molar-refractivity contribution >= 4 is 23.5 Å². The Hall–Kier alpha value is -2.64. The predicted molar refractivity (Wildman–Crippen MR) is 107 cm³/mol. The standard InChI is InChI=1S/C21H21ClN2O5/c22-16-3-1-14(2-4-16)17-5-6-18(25)24-9-13-7-15(21(17)24)10-23(8-13)19(26)11-29-12-20(27)28/h1-6,13,15H,7-12H2,(H,27,28). The van der Waals surface area contributed by atoms with Crippen molar-refractivity contribution < 1.29 is 19.4 Å². The lowest BCUT2D eigenvalue weighted by molar-refractivity contribution is -0.146. The van der Waals surface area contributed by atoms with E-state index in [2.05, 4.69) is 0 Å². The molecule has 1 aromatic heterocycles. The van der Waals surface area contributed by atoms with Gasteiger partial charge in [0, 0.05) is 47.9 Å². The third-order valence-electron chi connectivity index (χ3n) is 5.55.